The van der Waals surface area contributed by atoms with E-state index < -0.39 is 5.97 Å². The van der Waals surface area contributed by atoms with Gasteiger partial charge in [0.1, 0.15) is 4.88 Å². The summed E-state index contributed by atoms with van der Waals surface area (Å²) in [6, 6.07) is 7.80. The fourth-order valence-corrected chi connectivity index (χ4v) is 3.80. The van der Waals surface area contributed by atoms with E-state index in [2.05, 4.69) is 10.4 Å². The van der Waals surface area contributed by atoms with E-state index in [1.54, 1.807) is 4.68 Å². The summed E-state index contributed by atoms with van der Waals surface area (Å²) in [4.78, 5) is 24.9. The number of thiophene rings is 1. The highest BCUT2D eigenvalue weighted by Gasteiger charge is 2.19. The van der Waals surface area contributed by atoms with Gasteiger partial charge in [0.05, 0.1) is 17.1 Å². The molecule has 0 bridgehead atoms. The van der Waals surface area contributed by atoms with Gasteiger partial charge in [-0.3, -0.25) is 9.48 Å². The first-order valence-corrected chi connectivity index (χ1v) is 8.65. The minimum Gasteiger partial charge on any atom is -0.451 e. The van der Waals surface area contributed by atoms with Crippen LogP contribution in [-0.4, -0.2) is 28.3 Å². The van der Waals surface area contributed by atoms with Crippen LogP contribution in [0.3, 0.4) is 0 Å². The highest BCUT2D eigenvalue weighted by molar-refractivity contribution is 7.21. The van der Waals surface area contributed by atoms with Crippen LogP contribution in [0.4, 0.5) is 5.69 Å². The third-order valence-corrected chi connectivity index (χ3v) is 5.39. The largest absolute Gasteiger partial charge is 0.451 e. The van der Waals surface area contributed by atoms with Crippen LogP contribution < -0.4 is 5.32 Å². The molecule has 2 aromatic heterocycles. The van der Waals surface area contributed by atoms with Gasteiger partial charge in [-0.2, -0.15) is 5.10 Å². The normalized spacial score (nSPS) is 10.9. The second-order valence-electron chi connectivity index (χ2n) is 5.85. The fraction of sp³-hybridized carbons (Fsp3) is 0.278. The van der Waals surface area contributed by atoms with Gasteiger partial charge in [0.15, 0.2) is 6.61 Å². The maximum Gasteiger partial charge on any atom is 0.349 e. The van der Waals surface area contributed by atoms with Crippen molar-refractivity contribution in [2.45, 2.75) is 20.8 Å². The van der Waals surface area contributed by atoms with E-state index in [-0.39, 0.29) is 12.5 Å². The van der Waals surface area contributed by atoms with Crippen LogP contribution in [0, 0.1) is 20.8 Å². The van der Waals surface area contributed by atoms with Gasteiger partial charge < -0.3 is 10.1 Å². The smallest absolute Gasteiger partial charge is 0.349 e. The number of fused-ring (bicyclic) bond motifs is 1. The van der Waals surface area contributed by atoms with E-state index in [0.717, 1.165) is 27.0 Å². The van der Waals surface area contributed by atoms with Crippen molar-refractivity contribution in [3.63, 3.8) is 0 Å². The zero-order chi connectivity index (χ0) is 18.1. The number of hydrogen-bond acceptors (Lipinski definition) is 5. The number of carbonyl (C=O) groups excluding carboxylic acids is 2. The molecular formula is C18H19N3O3S. The average molecular weight is 357 g/mol. The third-order valence-electron chi connectivity index (χ3n) is 4.14. The number of aromatic nitrogens is 2. The lowest BCUT2D eigenvalue weighted by atomic mass is 10.1. The Kier molecular flexibility index (Phi) is 4.59. The van der Waals surface area contributed by atoms with Crippen molar-refractivity contribution in [1.82, 2.24) is 9.78 Å². The van der Waals surface area contributed by atoms with Crippen LogP contribution in [0.5, 0.6) is 0 Å². The lowest BCUT2D eigenvalue weighted by Crippen LogP contribution is -2.21. The van der Waals surface area contributed by atoms with Crippen molar-refractivity contribution in [2.24, 2.45) is 7.05 Å². The van der Waals surface area contributed by atoms with E-state index >= 15 is 0 Å². The van der Waals surface area contributed by atoms with Gasteiger partial charge >= 0.3 is 5.97 Å². The molecule has 1 aromatic carbocycles. The maximum absolute atomic E-state index is 12.3. The second-order valence-corrected chi connectivity index (χ2v) is 6.90. The first-order valence-electron chi connectivity index (χ1n) is 7.83. The number of anilines is 1. The molecule has 0 radical (unpaired) electrons. The van der Waals surface area contributed by atoms with Gasteiger partial charge in [-0.25, -0.2) is 4.79 Å². The minimum absolute atomic E-state index is 0.333. The summed E-state index contributed by atoms with van der Waals surface area (Å²) in [5, 5.41) is 8.02. The summed E-state index contributed by atoms with van der Waals surface area (Å²) in [5.41, 5.74) is 3.10. The molecule has 0 unspecified atom stereocenters. The van der Waals surface area contributed by atoms with Gasteiger partial charge in [0.25, 0.3) is 5.91 Å². The molecule has 25 heavy (non-hydrogen) atoms. The molecule has 1 amide bonds. The topological polar surface area (TPSA) is 73.2 Å². The molecule has 0 aliphatic carbocycles. The molecular weight excluding hydrogens is 338 g/mol. The number of nitrogens with one attached hydrogen (secondary N) is 1. The lowest BCUT2D eigenvalue weighted by Gasteiger charge is -2.07. The molecule has 6 nitrogen and oxygen atoms in total. The Morgan fingerprint density at radius 3 is 2.60 bits per heavy atom. The number of carbonyl (C=O) groups is 2. The quantitative estimate of drug-likeness (QED) is 0.727. The van der Waals surface area contributed by atoms with Gasteiger partial charge in [-0.1, -0.05) is 18.2 Å². The Morgan fingerprint density at radius 1 is 1.24 bits per heavy atom. The Morgan fingerprint density at radius 2 is 1.96 bits per heavy atom. The Hall–Kier alpha value is -2.67. The van der Waals surface area contributed by atoms with E-state index in [1.807, 2.05) is 52.1 Å². The van der Waals surface area contributed by atoms with Crippen molar-refractivity contribution in [3.8, 4) is 0 Å². The molecule has 2 heterocycles. The molecule has 0 saturated carbocycles. The molecule has 0 saturated heterocycles. The van der Waals surface area contributed by atoms with Crippen molar-refractivity contribution < 1.29 is 14.3 Å². The molecule has 7 heteroatoms. The summed E-state index contributed by atoms with van der Waals surface area (Å²) < 4.78 is 7.91. The number of esters is 1. The fourth-order valence-electron chi connectivity index (χ4n) is 2.70. The van der Waals surface area contributed by atoms with E-state index in [0.29, 0.717) is 10.6 Å². The lowest BCUT2D eigenvalue weighted by molar-refractivity contribution is -0.119. The van der Waals surface area contributed by atoms with Crippen LogP contribution in [0.1, 0.15) is 26.6 Å². The van der Waals surface area contributed by atoms with Gasteiger partial charge in [0.2, 0.25) is 0 Å². The number of aryl methyl sites for hydroxylation is 3. The monoisotopic (exact) mass is 357 g/mol. The van der Waals surface area contributed by atoms with Crippen LogP contribution in [0.25, 0.3) is 10.1 Å². The molecule has 3 aromatic rings. The zero-order valence-electron chi connectivity index (χ0n) is 14.5. The molecule has 0 aliphatic heterocycles. The summed E-state index contributed by atoms with van der Waals surface area (Å²) in [6.45, 7) is 5.23. The van der Waals surface area contributed by atoms with E-state index in [9.17, 15) is 9.59 Å². The number of rotatable bonds is 4. The third kappa shape index (κ3) is 3.28. The highest BCUT2D eigenvalue weighted by atomic mass is 32.1. The van der Waals surface area contributed by atoms with Crippen molar-refractivity contribution in [1.29, 1.82) is 0 Å². The minimum atomic E-state index is -0.478. The molecule has 130 valence electrons. The van der Waals surface area contributed by atoms with Crippen molar-refractivity contribution in [2.75, 3.05) is 11.9 Å². The molecule has 3 rings (SSSR count). The van der Waals surface area contributed by atoms with Crippen LogP contribution in [0.15, 0.2) is 24.3 Å². The predicted molar refractivity (Wildman–Crippen MR) is 98.2 cm³/mol. The summed E-state index contributed by atoms with van der Waals surface area (Å²) >= 11 is 1.38. The standard InChI is InChI=1S/C18H19N3O3S/c1-10-13-7-5-6-8-14(13)25-17(10)18(23)24-9-15(22)19-16-11(2)20-21(4)12(16)3/h5-8H,9H2,1-4H3,(H,19,22). The summed E-state index contributed by atoms with van der Waals surface area (Å²) in [7, 11) is 1.81. The Bertz CT molecular complexity index is 972. The number of nitrogens with zero attached hydrogens (tertiary/aromatic N) is 2. The number of amides is 1. The van der Waals surface area contributed by atoms with Crippen LogP contribution in [-0.2, 0) is 16.6 Å². The van der Waals surface area contributed by atoms with E-state index in [1.165, 1.54) is 11.3 Å². The Labute approximate surface area is 149 Å². The summed E-state index contributed by atoms with van der Waals surface area (Å²) in [6.07, 6.45) is 0. The molecule has 0 atom stereocenters. The number of hydrogen-bond donors (Lipinski definition) is 1. The van der Waals surface area contributed by atoms with Crippen LogP contribution >= 0.6 is 11.3 Å². The molecule has 1 N–H and O–H groups in total. The van der Waals surface area contributed by atoms with Crippen molar-refractivity contribution in [3.05, 3.63) is 46.1 Å². The average Bonchev–Trinajstić information content (AvgIpc) is 3.05. The first-order chi connectivity index (χ1) is 11.9. The highest BCUT2D eigenvalue weighted by Crippen LogP contribution is 2.31. The molecule has 0 spiro atoms. The van der Waals surface area contributed by atoms with Gasteiger partial charge in [0, 0.05) is 11.7 Å². The molecule has 0 aliphatic rings. The van der Waals surface area contributed by atoms with Crippen molar-refractivity contribution >= 4 is 39.0 Å². The Balaban J connectivity index is 1.67. The SMILES string of the molecule is Cc1nn(C)c(C)c1NC(=O)COC(=O)c1sc2ccccc2c1C. The van der Waals surface area contributed by atoms with Crippen LogP contribution in [0.2, 0.25) is 0 Å². The molecule has 0 fully saturated rings. The second kappa shape index (κ2) is 6.68. The predicted octanol–water partition coefficient (Wildman–Crippen LogP) is 3.36. The summed E-state index contributed by atoms with van der Waals surface area (Å²) in [5.74, 6) is -0.861. The first kappa shape index (κ1) is 17.2. The number of ether oxygens (including phenoxy) is 1. The van der Waals surface area contributed by atoms with E-state index in [4.69, 9.17) is 4.74 Å². The maximum atomic E-state index is 12.3. The van der Waals surface area contributed by atoms with Gasteiger partial charge in [-0.05, 0) is 37.8 Å². The van der Waals surface area contributed by atoms with Gasteiger partial charge in [-0.15, -0.1) is 11.3 Å². The zero-order valence-corrected chi connectivity index (χ0v) is 15.4. The number of benzene rings is 1.